The highest BCUT2D eigenvalue weighted by atomic mass is 32.2. The summed E-state index contributed by atoms with van der Waals surface area (Å²) in [6.45, 7) is 0. The summed E-state index contributed by atoms with van der Waals surface area (Å²) < 4.78 is 25.2. The smallest absolute Gasteiger partial charge is 0.309 e. The number of carbonyl (C=O) groups is 1. The first-order valence-electron chi connectivity index (χ1n) is 7.52. The fraction of sp³-hybridized carbons (Fsp3) is 0.562. The third-order valence-corrected chi connectivity index (χ3v) is 7.53. The molecule has 0 heterocycles. The van der Waals surface area contributed by atoms with E-state index >= 15 is 0 Å². The number of phenols is 1. The lowest BCUT2D eigenvalue weighted by Gasteiger charge is -2.51. The zero-order valence-electron chi connectivity index (χ0n) is 12.3. The van der Waals surface area contributed by atoms with Gasteiger partial charge in [-0.1, -0.05) is 0 Å². The maximum atomic E-state index is 12.6. The fourth-order valence-corrected chi connectivity index (χ4v) is 5.90. The van der Waals surface area contributed by atoms with E-state index < -0.39 is 21.2 Å². The Morgan fingerprint density at radius 3 is 1.95 bits per heavy atom. The molecule has 0 aromatic heterocycles. The standard InChI is InChI=1S/C16H20O5S/c17-12-1-3-13(4-2-12)22(20,21)11-15-5-8-16(9-6-15,10-7-15)14(18)19/h1-4,17H,5-11H2,(H,18,19). The Labute approximate surface area is 129 Å². The van der Waals surface area contributed by atoms with Crippen LogP contribution < -0.4 is 0 Å². The minimum atomic E-state index is -3.42. The normalized spacial score (nSPS) is 31.1. The SMILES string of the molecule is O=C(O)C12CCC(CS(=O)(=O)c3ccc(O)cc3)(CC1)CC2. The van der Waals surface area contributed by atoms with E-state index in [1.165, 1.54) is 24.3 Å². The first kappa shape index (κ1) is 15.3. The first-order valence-corrected chi connectivity index (χ1v) is 9.18. The van der Waals surface area contributed by atoms with Gasteiger partial charge in [-0.15, -0.1) is 0 Å². The van der Waals surface area contributed by atoms with Gasteiger partial charge >= 0.3 is 5.97 Å². The van der Waals surface area contributed by atoms with Crippen LogP contribution >= 0.6 is 0 Å². The van der Waals surface area contributed by atoms with Crippen LogP contribution in [-0.4, -0.2) is 30.4 Å². The molecule has 6 heteroatoms. The molecule has 3 fully saturated rings. The van der Waals surface area contributed by atoms with Crippen LogP contribution in [0.1, 0.15) is 38.5 Å². The Kier molecular flexibility index (Phi) is 3.47. The molecule has 5 nitrogen and oxygen atoms in total. The number of aliphatic carboxylic acids is 1. The quantitative estimate of drug-likeness (QED) is 0.888. The van der Waals surface area contributed by atoms with Crippen LogP contribution in [0.15, 0.2) is 29.2 Å². The zero-order valence-corrected chi connectivity index (χ0v) is 13.1. The van der Waals surface area contributed by atoms with Gasteiger partial charge in [0.15, 0.2) is 9.84 Å². The van der Waals surface area contributed by atoms with Crippen LogP contribution in [0.5, 0.6) is 5.75 Å². The molecule has 1 aromatic rings. The van der Waals surface area contributed by atoms with Gasteiger partial charge in [-0.3, -0.25) is 4.79 Å². The molecular formula is C16H20O5S. The number of hydrogen-bond acceptors (Lipinski definition) is 4. The van der Waals surface area contributed by atoms with Crippen molar-refractivity contribution in [2.45, 2.75) is 43.4 Å². The molecule has 2 bridgehead atoms. The molecular weight excluding hydrogens is 304 g/mol. The number of fused-ring (bicyclic) bond motifs is 3. The monoisotopic (exact) mass is 324 g/mol. The highest BCUT2D eigenvalue weighted by Gasteiger charge is 2.53. The summed E-state index contributed by atoms with van der Waals surface area (Å²) in [7, 11) is -3.42. The second-order valence-electron chi connectivity index (χ2n) is 6.84. The van der Waals surface area contributed by atoms with E-state index in [0.29, 0.717) is 38.5 Å². The number of sulfone groups is 1. The van der Waals surface area contributed by atoms with Gasteiger partial charge in [0.25, 0.3) is 0 Å². The number of benzene rings is 1. The summed E-state index contributed by atoms with van der Waals surface area (Å²) in [4.78, 5) is 11.7. The summed E-state index contributed by atoms with van der Waals surface area (Å²) in [5.41, 5.74) is -0.905. The average molecular weight is 324 g/mol. The zero-order chi connectivity index (χ0) is 16.0. The van der Waals surface area contributed by atoms with Crippen molar-refractivity contribution in [3.8, 4) is 5.75 Å². The summed E-state index contributed by atoms with van der Waals surface area (Å²) in [5.74, 6) is -0.624. The molecule has 0 saturated heterocycles. The summed E-state index contributed by atoms with van der Waals surface area (Å²) >= 11 is 0. The van der Waals surface area contributed by atoms with E-state index in [4.69, 9.17) is 0 Å². The number of aromatic hydroxyl groups is 1. The first-order chi connectivity index (χ1) is 10.3. The Hall–Kier alpha value is -1.56. The molecule has 3 aliphatic rings. The number of rotatable bonds is 4. The Balaban J connectivity index is 1.79. The van der Waals surface area contributed by atoms with Crippen LogP contribution in [0.2, 0.25) is 0 Å². The van der Waals surface area contributed by atoms with Gasteiger partial charge in [-0.05, 0) is 68.2 Å². The van der Waals surface area contributed by atoms with E-state index in [2.05, 4.69) is 0 Å². The van der Waals surface area contributed by atoms with Crippen molar-refractivity contribution in [1.82, 2.24) is 0 Å². The van der Waals surface area contributed by atoms with Crippen molar-refractivity contribution >= 4 is 15.8 Å². The van der Waals surface area contributed by atoms with Crippen LogP contribution in [-0.2, 0) is 14.6 Å². The van der Waals surface area contributed by atoms with Crippen LogP contribution in [0.25, 0.3) is 0 Å². The Morgan fingerprint density at radius 1 is 1.00 bits per heavy atom. The molecule has 0 unspecified atom stereocenters. The van der Waals surface area contributed by atoms with Crippen molar-refractivity contribution < 1.29 is 23.4 Å². The molecule has 1 aromatic carbocycles. The van der Waals surface area contributed by atoms with Gasteiger partial charge in [-0.25, -0.2) is 8.42 Å². The van der Waals surface area contributed by atoms with E-state index in [9.17, 15) is 23.4 Å². The highest BCUT2D eigenvalue weighted by Crippen LogP contribution is 2.57. The molecule has 2 N–H and O–H groups in total. The molecule has 0 amide bonds. The lowest BCUT2D eigenvalue weighted by atomic mass is 9.54. The largest absolute Gasteiger partial charge is 0.508 e. The Morgan fingerprint density at radius 2 is 1.50 bits per heavy atom. The third kappa shape index (κ3) is 2.49. The van der Waals surface area contributed by atoms with Gasteiger partial charge in [-0.2, -0.15) is 0 Å². The van der Waals surface area contributed by atoms with Crippen molar-refractivity contribution in [2.24, 2.45) is 10.8 Å². The number of phenolic OH excluding ortho intramolecular Hbond substituents is 1. The maximum Gasteiger partial charge on any atom is 0.309 e. The van der Waals surface area contributed by atoms with Gasteiger partial charge in [0.2, 0.25) is 0 Å². The van der Waals surface area contributed by atoms with Crippen molar-refractivity contribution in [2.75, 3.05) is 5.75 Å². The molecule has 22 heavy (non-hydrogen) atoms. The van der Waals surface area contributed by atoms with Crippen molar-refractivity contribution in [3.63, 3.8) is 0 Å². The van der Waals surface area contributed by atoms with Crippen molar-refractivity contribution in [3.05, 3.63) is 24.3 Å². The van der Waals surface area contributed by atoms with E-state index in [1.807, 2.05) is 0 Å². The molecule has 3 saturated carbocycles. The third-order valence-electron chi connectivity index (χ3n) is 5.55. The number of carboxylic acids is 1. The molecule has 0 aliphatic heterocycles. The average Bonchev–Trinajstić information content (AvgIpc) is 2.48. The molecule has 120 valence electrons. The summed E-state index contributed by atoms with van der Waals surface area (Å²) in [6, 6.07) is 5.60. The van der Waals surface area contributed by atoms with Gasteiger partial charge in [0.05, 0.1) is 16.1 Å². The highest BCUT2D eigenvalue weighted by molar-refractivity contribution is 7.91. The summed E-state index contributed by atoms with van der Waals surface area (Å²) in [5, 5.41) is 18.7. The molecule has 0 radical (unpaired) electrons. The van der Waals surface area contributed by atoms with Gasteiger partial charge in [0.1, 0.15) is 5.75 Å². The minimum Gasteiger partial charge on any atom is -0.508 e. The molecule has 3 aliphatic carbocycles. The van der Waals surface area contributed by atoms with Gasteiger partial charge < -0.3 is 10.2 Å². The number of hydrogen-bond donors (Lipinski definition) is 2. The lowest BCUT2D eigenvalue weighted by Crippen LogP contribution is -2.48. The lowest BCUT2D eigenvalue weighted by molar-refractivity contribution is -0.158. The number of carboxylic acid groups (broad SMARTS) is 1. The van der Waals surface area contributed by atoms with E-state index in [-0.39, 0.29) is 21.8 Å². The fourth-order valence-electron chi connectivity index (χ4n) is 3.94. The van der Waals surface area contributed by atoms with Crippen molar-refractivity contribution in [1.29, 1.82) is 0 Å². The molecule has 0 atom stereocenters. The molecule has 0 spiro atoms. The van der Waals surface area contributed by atoms with Gasteiger partial charge in [0, 0.05) is 0 Å². The summed E-state index contributed by atoms with van der Waals surface area (Å²) in [6.07, 6.45) is 3.72. The van der Waals surface area contributed by atoms with Crippen LogP contribution in [0, 0.1) is 10.8 Å². The second kappa shape index (κ2) is 4.98. The predicted octanol–water partition coefficient (Wildman–Crippen LogP) is 2.59. The second-order valence-corrected chi connectivity index (χ2v) is 8.83. The predicted molar refractivity (Wildman–Crippen MR) is 80.4 cm³/mol. The Bertz CT molecular complexity index is 665. The van der Waals surface area contributed by atoms with E-state index in [1.54, 1.807) is 0 Å². The minimum absolute atomic E-state index is 0.0405. The maximum absolute atomic E-state index is 12.6. The van der Waals surface area contributed by atoms with Crippen LogP contribution in [0.4, 0.5) is 0 Å². The van der Waals surface area contributed by atoms with Crippen LogP contribution in [0.3, 0.4) is 0 Å². The molecule has 4 rings (SSSR count). The topological polar surface area (TPSA) is 91.7 Å². The van der Waals surface area contributed by atoms with E-state index in [0.717, 1.165) is 0 Å².